The topological polar surface area (TPSA) is 115 Å². The van der Waals surface area contributed by atoms with Crippen LogP contribution in [0, 0.1) is 0 Å². The fourth-order valence-electron chi connectivity index (χ4n) is 2.23. The maximum atomic E-state index is 12.6. The third-order valence-corrected chi connectivity index (χ3v) is 6.46. The number of rotatable bonds is 6. The second-order valence-corrected chi connectivity index (χ2v) is 8.86. The van der Waals surface area contributed by atoms with Crippen LogP contribution < -0.4 is 11.1 Å². The molecule has 0 fully saturated rings. The van der Waals surface area contributed by atoms with Crippen LogP contribution in [0.1, 0.15) is 0 Å². The molecule has 7 nitrogen and oxygen atoms in total. The quantitative estimate of drug-likeness (QED) is 0.451. The van der Waals surface area contributed by atoms with E-state index in [1.54, 1.807) is 42.5 Å². The van der Waals surface area contributed by atoms with Crippen LogP contribution in [0.25, 0.3) is 0 Å². The minimum absolute atomic E-state index is 0.0346. The summed E-state index contributed by atoms with van der Waals surface area (Å²) in [5, 5.41) is 3.49. The molecule has 0 radical (unpaired) electrons. The highest BCUT2D eigenvalue weighted by atomic mass is 35.5. The molecule has 0 saturated heterocycles. The van der Waals surface area contributed by atoms with Crippen molar-refractivity contribution in [1.82, 2.24) is 9.97 Å². The largest absolute Gasteiger partial charge is 0.382 e. The molecule has 144 valence electrons. The maximum Gasteiger partial charge on any atom is 0.234 e. The first-order valence-corrected chi connectivity index (χ1v) is 10.8. The molecule has 0 atom stereocenters. The van der Waals surface area contributed by atoms with Crippen LogP contribution in [0.4, 0.5) is 11.5 Å². The lowest BCUT2D eigenvalue weighted by Crippen LogP contribution is -2.14. The summed E-state index contributed by atoms with van der Waals surface area (Å²) in [6.45, 7) is 0. The van der Waals surface area contributed by atoms with E-state index in [1.807, 2.05) is 0 Å². The van der Waals surface area contributed by atoms with Crippen LogP contribution in [-0.2, 0) is 14.6 Å². The van der Waals surface area contributed by atoms with Crippen molar-refractivity contribution < 1.29 is 13.2 Å². The zero-order valence-electron chi connectivity index (χ0n) is 14.4. The molecule has 1 aromatic heterocycles. The average molecular weight is 435 g/mol. The van der Waals surface area contributed by atoms with Crippen molar-refractivity contribution in [2.24, 2.45) is 0 Å². The van der Waals surface area contributed by atoms with E-state index in [0.717, 1.165) is 18.0 Å². The Morgan fingerprint density at radius 1 is 1.11 bits per heavy atom. The van der Waals surface area contributed by atoms with Crippen molar-refractivity contribution in [2.75, 3.05) is 16.8 Å². The van der Waals surface area contributed by atoms with Crippen LogP contribution in [0.15, 0.2) is 75.7 Å². The predicted molar refractivity (Wildman–Crippen MR) is 109 cm³/mol. The van der Waals surface area contributed by atoms with Crippen LogP contribution in [0.5, 0.6) is 0 Å². The number of nitrogen functional groups attached to an aromatic ring is 1. The van der Waals surface area contributed by atoms with E-state index >= 15 is 0 Å². The number of hydrogen-bond donors (Lipinski definition) is 2. The molecule has 3 N–H and O–H groups in total. The van der Waals surface area contributed by atoms with Gasteiger partial charge in [0.25, 0.3) is 0 Å². The molecule has 2 aromatic carbocycles. The fraction of sp³-hybridized carbons (Fsp3) is 0.0556. The minimum atomic E-state index is -3.81. The Morgan fingerprint density at radius 2 is 1.79 bits per heavy atom. The number of nitrogens with two attached hydrogens (primary N) is 1. The highest BCUT2D eigenvalue weighted by Gasteiger charge is 2.22. The van der Waals surface area contributed by atoms with Crippen LogP contribution in [0.2, 0.25) is 5.02 Å². The van der Waals surface area contributed by atoms with Gasteiger partial charge in [0.1, 0.15) is 10.7 Å². The molecule has 1 heterocycles. The summed E-state index contributed by atoms with van der Waals surface area (Å²) in [5.41, 5.74) is 6.44. The van der Waals surface area contributed by atoms with Crippen LogP contribution in [0.3, 0.4) is 0 Å². The first-order valence-electron chi connectivity index (χ1n) is 7.97. The predicted octanol–water partition coefficient (Wildman–Crippen LogP) is 3.28. The molecule has 0 aliphatic heterocycles. The van der Waals surface area contributed by atoms with Crippen molar-refractivity contribution in [3.8, 4) is 0 Å². The highest BCUT2D eigenvalue weighted by molar-refractivity contribution is 7.99. The van der Waals surface area contributed by atoms with E-state index in [0.29, 0.717) is 10.7 Å². The molecule has 0 spiro atoms. The lowest BCUT2D eigenvalue weighted by Gasteiger charge is -2.08. The van der Waals surface area contributed by atoms with E-state index in [4.69, 9.17) is 17.3 Å². The smallest absolute Gasteiger partial charge is 0.234 e. The molecule has 0 bridgehead atoms. The van der Waals surface area contributed by atoms with Gasteiger partial charge in [0.05, 0.1) is 16.8 Å². The highest BCUT2D eigenvalue weighted by Crippen LogP contribution is 2.25. The van der Waals surface area contributed by atoms with E-state index in [9.17, 15) is 13.2 Å². The molecule has 10 heteroatoms. The Hall–Kier alpha value is -2.62. The van der Waals surface area contributed by atoms with Gasteiger partial charge in [-0.3, -0.25) is 4.79 Å². The van der Waals surface area contributed by atoms with Crippen LogP contribution >= 0.6 is 23.4 Å². The van der Waals surface area contributed by atoms with Gasteiger partial charge in [-0.25, -0.2) is 18.4 Å². The summed E-state index contributed by atoms with van der Waals surface area (Å²) >= 11 is 6.85. The zero-order valence-corrected chi connectivity index (χ0v) is 16.8. The van der Waals surface area contributed by atoms with Gasteiger partial charge in [-0.1, -0.05) is 41.6 Å². The number of thioether (sulfide) groups is 1. The number of anilines is 2. The Bertz CT molecular complexity index is 1090. The number of carbonyl (C=O) groups excluding carboxylic acids is 1. The van der Waals surface area contributed by atoms with Gasteiger partial charge < -0.3 is 11.1 Å². The number of nitrogens with one attached hydrogen (secondary N) is 1. The number of halogens is 1. The Balaban J connectivity index is 1.67. The Labute approximate surface area is 171 Å². The van der Waals surface area contributed by atoms with Gasteiger partial charge in [-0.15, -0.1) is 0 Å². The Morgan fingerprint density at radius 3 is 2.43 bits per heavy atom. The monoisotopic (exact) mass is 434 g/mol. The summed E-state index contributed by atoms with van der Waals surface area (Å²) in [6.07, 6.45) is 1.16. The molecular weight excluding hydrogens is 420 g/mol. The van der Waals surface area contributed by atoms with Gasteiger partial charge in [0, 0.05) is 10.7 Å². The van der Waals surface area contributed by atoms with Gasteiger partial charge >= 0.3 is 0 Å². The first kappa shape index (κ1) is 20.1. The van der Waals surface area contributed by atoms with Gasteiger partial charge in [-0.05, 0) is 36.4 Å². The molecule has 3 aromatic rings. The van der Waals surface area contributed by atoms with Gasteiger partial charge in [0.2, 0.25) is 15.7 Å². The average Bonchev–Trinajstić information content (AvgIpc) is 2.69. The summed E-state index contributed by atoms with van der Waals surface area (Å²) in [4.78, 5) is 20.0. The molecule has 0 saturated carbocycles. The third-order valence-electron chi connectivity index (χ3n) is 3.56. The number of hydrogen-bond acceptors (Lipinski definition) is 7. The van der Waals surface area contributed by atoms with E-state index in [1.165, 1.54) is 12.1 Å². The number of nitrogens with zero attached hydrogens (tertiary/aromatic N) is 2. The van der Waals surface area contributed by atoms with Crippen molar-refractivity contribution in [1.29, 1.82) is 0 Å². The third kappa shape index (κ3) is 4.80. The lowest BCUT2D eigenvalue weighted by atomic mass is 10.3. The van der Waals surface area contributed by atoms with E-state index in [-0.39, 0.29) is 32.4 Å². The standard InChI is InChI=1S/C18H15ClN4O3S2/c19-12-6-8-13(9-7-12)22-16(24)11-27-18-21-10-15(17(20)23-18)28(25,26)14-4-2-1-3-5-14/h1-10H,11H2,(H,22,24)(H2,20,21,23). The maximum absolute atomic E-state index is 12.6. The lowest BCUT2D eigenvalue weighted by molar-refractivity contribution is -0.113. The number of sulfone groups is 1. The molecule has 3 rings (SSSR count). The summed E-state index contributed by atoms with van der Waals surface area (Å²) < 4.78 is 25.2. The van der Waals surface area contributed by atoms with Gasteiger partial charge in [-0.2, -0.15) is 0 Å². The SMILES string of the molecule is Nc1nc(SCC(=O)Nc2ccc(Cl)cc2)ncc1S(=O)(=O)c1ccccc1. The van der Waals surface area contributed by atoms with Crippen molar-refractivity contribution >= 4 is 50.6 Å². The van der Waals surface area contributed by atoms with Crippen molar-refractivity contribution in [2.45, 2.75) is 14.9 Å². The fourth-order valence-corrected chi connectivity index (χ4v) is 4.26. The Kier molecular flexibility index (Phi) is 6.18. The number of amides is 1. The summed E-state index contributed by atoms with van der Waals surface area (Å²) in [5.74, 6) is -0.401. The van der Waals surface area contributed by atoms with E-state index < -0.39 is 9.84 Å². The molecule has 1 amide bonds. The molecule has 0 unspecified atom stereocenters. The number of carbonyl (C=O) groups is 1. The van der Waals surface area contributed by atoms with E-state index in [2.05, 4.69) is 15.3 Å². The van der Waals surface area contributed by atoms with Crippen molar-refractivity contribution in [3.63, 3.8) is 0 Å². The number of benzene rings is 2. The molecule has 0 aliphatic rings. The van der Waals surface area contributed by atoms with Crippen molar-refractivity contribution in [3.05, 3.63) is 65.8 Å². The van der Waals surface area contributed by atoms with Crippen LogP contribution in [-0.4, -0.2) is 30.0 Å². The molecule has 0 aliphatic carbocycles. The molecular formula is C18H15ClN4O3S2. The second-order valence-electron chi connectivity index (χ2n) is 5.56. The number of aromatic nitrogens is 2. The van der Waals surface area contributed by atoms with Gasteiger partial charge in [0.15, 0.2) is 5.16 Å². The normalized spacial score (nSPS) is 11.2. The summed E-state index contributed by atoms with van der Waals surface area (Å²) in [6, 6.07) is 14.6. The minimum Gasteiger partial charge on any atom is -0.382 e. The first-order chi connectivity index (χ1) is 13.4. The zero-order chi connectivity index (χ0) is 20.1. The second kappa shape index (κ2) is 8.59. The molecule has 28 heavy (non-hydrogen) atoms. The summed E-state index contributed by atoms with van der Waals surface area (Å²) in [7, 11) is -3.81.